The molecule has 0 aromatic heterocycles. The van der Waals surface area contributed by atoms with Crippen molar-refractivity contribution in [3.8, 4) is 17.2 Å². The number of hydrogen-bond donors (Lipinski definition) is 1. The molecule has 0 amide bonds. The van der Waals surface area contributed by atoms with Crippen molar-refractivity contribution in [1.29, 1.82) is 0 Å². The average Bonchev–Trinajstić information content (AvgIpc) is 3.18. The first-order valence-electron chi connectivity index (χ1n) is 8.60. The van der Waals surface area contributed by atoms with E-state index in [-0.39, 0.29) is 6.04 Å². The highest BCUT2D eigenvalue weighted by Gasteiger charge is 2.28. The summed E-state index contributed by atoms with van der Waals surface area (Å²) < 4.78 is 16.0. The number of methoxy groups -OCH3 is 3. The van der Waals surface area contributed by atoms with Crippen molar-refractivity contribution in [3.05, 3.63) is 48.0 Å². The van der Waals surface area contributed by atoms with Gasteiger partial charge in [0, 0.05) is 12.2 Å². The second kappa shape index (κ2) is 8.27. The number of ether oxygens (including phenoxy) is 3. The molecule has 26 heavy (non-hydrogen) atoms. The predicted molar refractivity (Wildman–Crippen MR) is 107 cm³/mol. The molecule has 0 radical (unpaired) electrons. The number of nitrogens with one attached hydrogen (secondary N) is 1. The van der Waals surface area contributed by atoms with Crippen molar-refractivity contribution >= 4 is 23.0 Å². The van der Waals surface area contributed by atoms with Gasteiger partial charge in [0.05, 0.1) is 27.4 Å². The first kappa shape index (κ1) is 18.3. The van der Waals surface area contributed by atoms with Crippen LogP contribution in [0.2, 0.25) is 0 Å². The van der Waals surface area contributed by atoms with E-state index < -0.39 is 0 Å². The Bertz CT molecular complexity index is 764. The molecule has 0 unspecified atom stereocenters. The number of nitrogens with zero attached hydrogens (tertiary/aromatic N) is 1. The quantitative estimate of drug-likeness (QED) is 0.792. The van der Waals surface area contributed by atoms with Gasteiger partial charge in [0.2, 0.25) is 0 Å². The monoisotopic (exact) mass is 372 g/mol. The van der Waals surface area contributed by atoms with Crippen molar-refractivity contribution < 1.29 is 14.2 Å². The van der Waals surface area contributed by atoms with Crippen molar-refractivity contribution in [2.45, 2.75) is 18.9 Å². The molecule has 1 saturated heterocycles. The third-order valence-electron chi connectivity index (χ3n) is 4.65. The van der Waals surface area contributed by atoms with Crippen LogP contribution < -0.4 is 19.5 Å². The first-order valence-corrected chi connectivity index (χ1v) is 9.00. The third-order valence-corrected chi connectivity index (χ3v) is 4.98. The minimum Gasteiger partial charge on any atom is -0.497 e. The zero-order valence-electron chi connectivity index (χ0n) is 15.3. The van der Waals surface area contributed by atoms with E-state index in [0.29, 0.717) is 0 Å². The van der Waals surface area contributed by atoms with Gasteiger partial charge in [0.15, 0.2) is 16.6 Å². The summed E-state index contributed by atoms with van der Waals surface area (Å²) in [6.45, 7) is 0.932. The Morgan fingerprint density at radius 1 is 1.00 bits per heavy atom. The minimum absolute atomic E-state index is 0.230. The summed E-state index contributed by atoms with van der Waals surface area (Å²) in [7, 11) is 4.96. The zero-order valence-corrected chi connectivity index (χ0v) is 16.1. The summed E-state index contributed by atoms with van der Waals surface area (Å²) in [6.07, 6.45) is 2.16. The summed E-state index contributed by atoms with van der Waals surface area (Å²) in [4.78, 5) is 2.24. The Hall–Kier alpha value is -2.47. The summed E-state index contributed by atoms with van der Waals surface area (Å²) in [5, 5.41) is 4.06. The van der Waals surface area contributed by atoms with Gasteiger partial charge in [-0.15, -0.1) is 0 Å². The second-order valence-electron chi connectivity index (χ2n) is 6.12. The Morgan fingerprint density at radius 3 is 2.38 bits per heavy atom. The molecule has 6 heteroatoms. The van der Waals surface area contributed by atoms with Crippen LogP contribution in [0, 0.1) is 0 Å². The fraction of sp³-hybridized carbons (Fsp3) is 0.350. The lowest BCUT2D eigenvalue weighted by atomic mass is 10.0. The SMILES string of the molecule is COc1ccc(NC(=S)N2CCC[C@H]2c2ccc(OC)c(OC)c2)cc1. The molecule has 1 fully saturated rings. The molecular weight excluding hydrogens is 348 g/mol. The predicted octanol–water partition coefficient (Wildman–Crippen LogP) is 4.25. The lowest BCUT2D eigenvalue weighted by Crippen LogP contribution is -2.34. The van der Waals surface area contributed by atoms with Crippen LogP contribution in [-0.4, -0.2) is 37.9 Å². The standard InChI is InChI=1S/C20H24N2O3S/c1-23-16-9-7-15(8-10-16)21-20(26)22-12-4-5-17(22)14-6-11-18(24-2)19(13-14)25-3/h6-11,13,17H,4-5,12H2,1-3H3,(H,21,26)/t17-/m0/s1. The molecule has 2 aromatic rings. The van der Waals surface area contributed by atoms with Crippen molar-refractivity contribution in [2.24, 2.45) is 0 Å². The van der Waals surface area contributed by atoms with E-state index in [1.54, 1.807) is 21.3 Å². The molecular formula is C20H24N2O3S. The van der Waals surface area contributed by atoms with Gasteiger partial charge in [-0.1, -0.05) is 6.07 Å². The van der Waals surface area contributed by atoms with Crippen LogP contribution in [0.1, 0.15) is 24.4 Å². The van der Waals surface area contributed by atoms with E-state index >= 15 is 0 Å². The summed E-state index contributed by atoms with van der Waals surface area (Å²) in [5.41, 5.74) is 2.13. The average molecular weight is 372 g/mol. The smallest absolute Gasteiger partial charge is 0.173 e. The van der Waals surface area contributed by atoms with Gasteiger partial charge in [0.1, 0.15) is 5.75 Å². The number of thiocarbonyl (C=S) groups is 1. The fourth-order valence-corrected chi connectivity index (χ4v) is 3.62. The minimum atomic E-state index is 0.230. The van der Waals surface area contributed by atoms with Crippen LogP contribution in [0.15, 0.2) is 42.5 Å². The molecule has 2 aromatic carbocycles. The molecule has 138 valence electrons. The Balaban J connectivity index is 1.75. The zero-order chi connectivity index (χ0) is 18.5. The number of hydrogen-bond acceptors (Lipinski definition) is 4. The Morgan fingerprint density at radius 2 is 1.73 bits per heavy atom. The van der Waals surface area contributed by atoms with Crippen molar-refractivity contribution in [1.82, 2.24) is 4.90 Å². The first-order chi connectivity index (χ1) is 12.7. The lowest BCUT2D eigenvalue weighted by molar-refractivity contribution is 0.351. The van der Waals surface area contributed by atoms with Gasteiger partial charge in [0.25, 0.3) is 0 Å². The number of benzene rings is 2. The van der Waals surface area contributed by atoms with Gasteiger partial charge in [-0.2, -0.15) is 0 Å². The highest BCUT2D eigenvalue weighted by atomic mass is 32.1. The van der Waals surface area contributed by atoms with Crippen LogP contribution in [0.3, 0.4) is 0 Å². The molecule has 0 saturated carbocycles. The van der Waals surface area contributed by atoms with E-state index in [9.17, 15) is 0 Å². The molecule has 1 N–H and O–H groups in total. The second-order valence-corrected chi connectivity index (χ2v) is 6.51. The molecule has 3 rings (SSSR count). The number of rotatable bonds is 5. The maximum atomic E-state index is 5.67. The summed E-state index contributed by atoms with van der Waals surface area (Å²) in [5.74, 6) is 2.30. The van der Waals surface area contributed by atoms with Gasteiger partial charge >= 0.3 is 0 Å². The van der Waals surface area contributed by atoms with Gasteiger partial charge in [-0.25, -0.2) is 0 Å². The third kappa shape index (κ3) is 3.85. The molecule has 1 heterocycles. The van der Waals surface area contributed by atoms with E-state index in [1.165, 1.54) is 5.56 Å². The van der Waals surface area contributed by atoms with E-state index in [2.05, 4.69) is 16.3 Å². The normalized spacial score (nSPS) is 16.3. The molecule has 1 atom stereocenters. The fourth-order valence-electron chi connectivity index (χ4n) is 3.29. The molecule has 0 spiro atoms. The molecule has 5 nitrogen and oxygen atoms in total. The van der Waals surface area contributed by atoms with E-state index in [4.69, 9.17) is 26.4 Å². The van der Waals surface area contributed by atoms with Crippen molar-refractivity contribution in [2.75, 3.05) is 33.2 Å². The topological polar surface area (TPSA) is 43.0 Å². The van der Waals surface area contributed by atoms with Crippen LogP contribution in [0.5, 0.6) is 17.2 Å². The molecule has 0 bridgehead atoms. The van der Waals surface area contributed by atoms with E-state index in [1.807, 2.05) is 36.4 Å². The van der Waals surface area contributed by atoms with Crippen LogP contribution in [0.25, 0.3) is 0 Å². The molecule has 1 aliphatic heterocycles. The number of anilines is 1. The van der Waals surface area contributed by atoms with Crippen LogP contribution >= 0.6 is 12.2 Å². The maximum absolute atomic E-state index is 5.67. The Labute approximate surface area is 159 Å². The largest absolute Gasteiger partial charge is 0.497 e. The van der Waals surface area contributed by atoms with Crippen LogP contribution in [0.4, 0.5) is 5.69 Å². The highest BCUT2D eigenvalue weighted by molar-refractivity contribution is 7.80. The van der Waals surface area contributed by atoms with E-state index in [0.717, 1.165) is 47.4 Å². The van der Waals surface area contributed by atoms with Gasteiger partial charge in [-0.3, -0.25) is 0 Å². The number of likely N-dealkylation sites (tertiary alicyclic amines) is 1. The van der Waals surface area contributed by atoms with Gasteiger partial charge < -0.3 is 24.4 Å². The van der Waals surface area contributed by atoms with Crippen LogP contribution in [-0.2, 0) is 0 Å². The highest BCUT2D eigenvalue weighted by Crippen LogP contribution is 2.37. The summed E-state index contributed by atoms with van der Waals surface area (Å²) >= 11 is 5.67. The Kier molecular flexibility index (Phi) is 5.83. The van der Waals surface area contributed by atoms with Gasteiger partial charge in [-0.05, 0) is 67.0 Å². The molecule has 1 aliphatic rings. The summed E-state index contributed by atoms with van der Waals surface area (Å²) in [6, 6.07) is 14.1. The maximum Gasteiger partial charge on any atom is 0.173 e. The van der Waals surface area contributed by atoms with Crippen molar-refractivity contribution in [3.63, 3.8) is 0 Å². The lowest BCUT2D eigenvalue weighted by Gasteiger charge is -2.28. The molecule has 0 aliphatic carbocycles.